The molecule has 0 aromatic heterocycles. The van der Waals surface area contributed by atoms with Crippen LogP contribution < -0.4 is 5.73 Å². The van der Waals surface area contributed by atoms with E-state index in [1.54, 1.807) is 0 Å². The number of hydrogen-bond donors (Lipinski definition) is 1. The van der Waals surface area contributed by atoms with Gasteiger partial charge in [0.25, 0.3) is 0 Å². The van der Waals surface area contributed by atoms with Crippen molar-refractivity contribution in [2.45, 2.75) is 18.9 Å². The molecule has 0 bridgehead atoms. The summed E-state index contributed by atoms with van der Waals surface area (Å²) in [5.74, 6) is 0. The van der Waals surface area contributed by atoms with Gasteiger partial charge < -0.3 is 5.73 Å². The minimum atomic E-state index is -3.26. The van der Waals surface area contributed by atoms with Crippen LogP contribution in [-0.4, -0.2) is 27.1 Å². The molecule has 0 rings (SSSR count). The average Bonchev–Trinajstić information content (AvgIpc) is 1.80. The molecule has 0 saturated heterocycles. The Morgan fingerprint density at radius 3 is 2.33 bits per heavy atom. The second-order valence-corrected chi connectivity index (χ2v) is 4.38. The number of halogens is 2. The van der Waals surface area contributed by atoms with E-state index >= 15 is 0 Å². The zero-order valence-electron chi connectivity index (χ0n) is 6.57. The van der Waals surface area contributed by atoms with Crippen LogP contribution in [0.1, 0.15) is 6.42 Å². The number of nitrogens with two attached hydrogens (primary N) is 1. The van der Waals surface area contributed by atoms with Crippen molar-refractivity contribution in [2.75, 3.05) is 6.26 Å². The van der Waals surface area contributed by atoms with Crippen LogP contribution in [0.2, 0.25) is 0 Å². The lowest BCUT2D eigenvalue weighted by molar-refractivity contribution is 0.133. The summed E-state index contributed by atoms with van der Waals surface area (Å²) < 4.78 is 44.3. The van der Waals surface area contributed by atoms with Gasteiger partial charge in [0.2, 0.25) is 6.43 Å². The molecule has 1 unspecified atom stereocenters. The van der Waals surface area contributed by atoms with E-state index in [9.17, 15) is 17.2 Å². The Kier molecular flexibility index (Phi) is 4.33. The van der Waals surface area contributed by atoms with E-state index in [-0.39, 0.29) is 0 Å². The molecule has 3 nitrogen and oxygen atoms in total. The van der Waals surface area contributed by atoms with Gasteiger partial charge >= 0.3 is 0 Å². The van der Waals surface area contributed by atoms with E-state index in [2.05, 4.69) is 0 Å². The van der Waals surface area contributed by atoms with Crippen molar-refractivity contribution >= 4 is 9.84 Å². The molecule has 72 valence electrons. The highest BCUT2D eigenvalue weighted by Gasteiger charge is 2.07. The van der Waals surface area contributed by atoms with Gasteiger partial charge in [-0.25, -0.2) is 17.2 Å². The summed E-state index contributed by atoms with van der Waals surface area (Å²) in [4.78, 5) is 0. The van der Waals surface area contributed by atoms with Gasteiger partial charge in [-0.3, -0.25) is 0 Å². The van der Waals surface area contributed by atoms with E-state index in [0.717, 1.165) is 17.7 Å². The molecule has 0 aromatic carbocycles. The highest BCUT2D eigenvalue weighted by Crippen LogP contribution is 2.03. The summed E-state index contributed by atoms with van der Waals surface area (Å²) in [5.41, 5.74) is 5.15. The van der Waals surface area contributed by atoms with Crippen molar-refractivity contribution < 1.29 is 17.2 Å². The molecule has 0 fully saturated rings. The standard InChI is InChI=1S/C6H11F2NO2S/c1-12(10,11)3-2-5(9)4-6(7)8/h2-3,5-6H,4,9H2,1H3. The summed E-state index contributed by atoms with van der Waals surface area (Å²) in [7, 11) is -3.26. The maximum atomic E-state index is 11.6. The molecule has 1 atom stereocenters. The fourth-order valence-electron chi connectivity index (χ4n) is 0.528. The van der Waals surface area contributed by atoms with Gasteiger partial charge in [0.1, 0.15) is 0 Å². The van der Waals surface area contributed by atoms with Gasteiger partial charge in [-0.15, -0.1) is 0 Å². The molecule has 0 aromatic rings. The highest BCUT2D eigenvalue weighted by molar-refractivity contribution is 7.93. The zero-order valence-corrected chi connectivity index (χ0v) is 7.39. The first-order chi connectivity index (χ1) is 5.31. The second-order valence-electron chi connectivity index (χ2n) is 2.45. The Morgan fingerprint density at radius 1 is 1.50 bits per heavy atom. The molecule has 0 aliphatic carbocycles. The van der Waals surface area contributed by atoms with E-state index in [4.69, 9.17) is 5.73 Å². The lowest BCUT2D eigenvalue weighted by Crippen LogP contribution is -2.20. The third-order valence-corrected chi connectivity index (χ3v) is 1.67. The third kappa shape index (κ3) is 7.62. The quantitative estimate of drug-likeness (QED) is 0.718. The SMILES string of the molecule is CS(=O)(=O)C=CC(N)CC(F)F. The van der Waals surface area contributed by atoms with Crippen LogP contribution in [0.3, 0.4) is 0 Å². The van der Waals surface area contributed by atoms with E-state index in [0.29, 0.717) is 0 Å². The minimum Gasteiger partial charge on any atom is -0.324 e. The Balaban J connectivity index is 4.01. The molecule has 6 heteroatoms. The van der Waals surface area contributed by atoms with Crippen LogP contribution in [0.15, 0.2) is 11.5 Å². The lowest BCUT2D eigenvalue weighted by Gasteiger charge is -2.03. The molecule has 0 aliphatic heterocycles. The van der Waals surface area contributed by atoms with Gasteiger partial charge in [-0.2, -0.15) is 0 Å². The Bertz CT molecular complexity index is 248. The third-order valence-electron chi connectivity index (χ3n) is 1.02. The van der Waals surface area contributed by atoms with Crippen LogP contribution in [0, 0.1) is 0 Å². The molecule has 0 aliphatic rings. The fourth-order valence-corrected chi connectivity index (χ4v) is 1.02. The molecule has 0 saturated carbocycles. The predicted molar refractivity (Wildman–Crippen MR) is 42.6 cm³/mol. The first-order valence-electron chi connectivity index (χ1n) is 3.23. The monoisotopic (exact) mass is 199 g/mol. The number of rotatable bonds is 4. The summed E-state index contributed by atoms with van der Waals surface area (Å²) in [5, 5.41) is 0.833. The maximum Gasteiger partial charge on any atom is 0.240 e. The Hall–Kier alpha value is -0.490. The summed E-state index contributed by atoms with van der Waals surface area (Å²) in [6, 6.07) is -0.903. The number of sulfone groups is 1. The van der Waals surface area contributed by atoms with Crippen molar-refractivity contribution in [2.24, 2.45) is 5.73 Å². The normalized spacial score (nSPS) is 15.8. The summed E-state index contributed by atoms with van der Waals surface area (Å²) >= 11 is 0. The van der Waals surface area contributed by atoms with Crippen molar-refractivity contribution in [3.8, 4) is 0 Å². The number of hydrogen-bond acceptors (Lipinski definition) is 3. The highest BCUT2D eigenvalue weighted by atomic mass is 32.2. The van der Waals surface area contributed by atoms with Crippen molar-refractivity contribution in [3.05, 3.63) is 11.5 Å². The first-order valence-corrected chi connectivity index (χ1v) is 5.18. The fraction of sp³-hybridized carbons (Fsp3) is 0.667. The van der Waals surface area contributed by atoms with Crippen LogP contribution >= 0.6 is 0 Å². The van der Waals surface area contributed by atoms with Crippen molar-refractivity contribution in [1.82, 2.24) is 0 Å². The van der Waals surface area contributed by atoms with Crippen LogP contribution in [0.5, 0.6) is 0 Å². The van der Waals surface area contributed by atoms with Crippen LogP contribution in [0.4, 0.5) is 8.78 Å². The van der Waals surface area contributed by atoms with Gasteiger partial charge in [-0.05, 0) is 0 Å². The molecule has 0 radical (unpaired) electrons. The van der Waals surface area contributed by atoms with E-state index in [1.807, 2.05) is 0 Å². The van der Waals surface area contributed by atoms with Gasteiger partial charge in [0, 0.05) is 24.1 Å². The maximum absolute atomic E-state index is 11.6. The van der Waals surface area contributed by atoms with Gasteiger partial charge in [0.05, 0.1) is 0 Å². The van der Waals surface area contributed by atoms with Crippen LogP contribution in [-0.2, 0) is 9.84 Å². The molecule has 12 heavy (non-hydrogen) atoms. The topological polar surface area (TPSA) is 60.2 Å². The summed E-state index contributed by atoms with van der Waals surface area (Å²) in [6.07, 6.45) is -1.00. The Morgan fingerprint density at radius 2 is 2.00 bits per heavy atom. The smallest absolute Gasteiger partial charge is 0.240 e. The van der Waals surface area contributed by atoms with Gasteiger partial charge in [0.15, 0.2) is 9.84 Å². The molecule has 0 heterocycles. The van der Waals surface area contributed by atoms with Crippen LogP contribution in [0.25, 0.3) is 0 Å². The lowest BCUT2D eigenvalue weighted by atomic mass is 10.2. The predicted octanol–water partition coefficient (Wildman–Crippen LogP) is 0.527. The van der Waals surface area contributed by atoms with Crippen molar-refractivity contribution in [3.63, 3.8) is 0 Å². The summed E-state index contributed by atoms with van der Waals surface area (Å²) in [6.45, 7) is 0. The minimum absolute atomic E-state index is 0.522. The van der Waals surface area contributed by atoms with E-state index < -0.39 is 28.7 Å². The molecule has 0 amide bonds. The Labute approximate surface area is 70.2 Å². The van der Waals surface area contributed by atoms with E-state index in [1.165, 1.54) is 0 Å². The van der Waals surface area contributed by atoms with Gasteiger partial charge in [-0.1, -0.05) is 6.08 Å². The van der Waals surface area contributed by atoms with Crippen molar-refractivity contribution in [1.29, 1.82) is 0 Å². The molecular weight excluding hydrogens is 188 g/mol. The average molecular weight is 199 g/mol. The molecule has 2 N–H and O–H groups in total. The number of alkyl halides is 2. The zero-order chi connectivity index (χ0) is 9.78. The molecular formula is C6H11F2NO2S. The molecule has 0 spiro atoms. The second kappa shape index (κ2) is 4.51. The first kappa shape index (κ1) is 11.5. The largest absolute Gasteiger partial charge is 0.324 e.